The summed E-state index contributed by atoms with van der Waals surface area (Å²) in [5.74, 6) is 9.15. The molecule has 0 unspecified atom stereocenters. The van der Waals surface area contributed by atoms with E-state index in [0.29, 0.717) is 6.06 Å². The van der Waals surface area contributed by atoms with Gasteiger partial charge in [0.2, 0.25) is 0 Å². The molecule has 12 heavy (non-hydrogen) atoms. The van der Waals surface area contributed by atoms with Crippen molar-refractivity contribution in [3.63, 3.8) is 0 Å². The van der Waals surface area contributed by atoms with Crippen LogP contribution in [0.2, 0.25) is 0 Å². The van der Waals surface area contributed by atoms with Gasteiger partial charge in [-0.1, -0.05) is 19.5 Å². The highest BCUT2D eigenvalue weighted by Crippen LogP contribution is 2.25. The number of rotatable bonds is 1. The van der Waals surface area contributed by atoms with Gasteiger partial charge in [-0.2, -0.15) is 0 Å². The molecule has 58 valence electrons. The first-order chi connectivity index (χ1) is 5.97. The van der Waals surface area contributed by atoms with E-state index in [1.807, 2.05) is 0 Å². The first-order valence-corrected chi connectivity index (χ1v) is 5.66. The molecular formula is C10H10BP. The molecule has 0 nitrogen and oxygen atoms in total. The fraction of sp³-hybridized carbons (Fsp3) is 0. The first-order valence-electron chi connectivity index (χ1n) is 4.11. The van der Waals surface area contributed by atoms with E-state index in [2.05, 4.69) is 59.9 Å². The Bertz CT molecular complexity index is 307. The smallest absolute Gasteiger partial charge is 0.146 e. The zero-order chi connectivity index (χ0) is 8.23. The van der Waals surface area contributed by atoms with Crippen molar-refractivity contribution in [3.8, 4) is 0 Å². The Morgan fingerprint density at radius 1 is 0.667 bits per heavy atom. The van der Waals surface area contributed by atoms with Gasteiger partial charge in [-0.25, -0.2) is 11.9 Å². The quantitative estimate of drug-likeness (QED) is 0.618. The molecule has 0 aromatic carbocycles. The Labute approximate surface area is 74.0 Å². The van der Waals surface area contributed by atoms with E-state index in [1.54, 1.807) is 0 Å². The van der Waals surface area contributed by atoms with Gasteiger partial charge in [0.05, 0.1) is 11.6 Å². The van der Waals surface area contributed by atoms with Gasteiger partial charge in [0.25, 0.3) is 0 Å². The maximum Gasteiger partial charge on any atom is 0.146 e. The highest BCUT2D eigenvalue weighted by molar-refractivity contribution is 7.81. The van der Waals surface area contributed by atoms with Crippen molar-refractivity contribution in [3.05, 3.63) is 59.9 Å². The van der Waals surface area contributed by atoms with Crippen LogP contribution in [0.25, 0.3) is 0 Å². The molecule has 0 aliphatic carbocycles. The van der Waals surface area contributed by atoms with Crippen LogP contribution < -0.4 is 0 Å². The van der Waals surface area contributed by atoms with Crippen LogP contribution in [0.5, 0.6) is 0 Å². The largest absolute Gasteiger partial charge is 0.211 e. The Kier molecular flexibility index (Phi) is 2.34. The molecule has 0 spiro atoms. The Morgan fingerprint density at radius 2 is 1.25 bits per heavy atom. The minimum Gasteiger partial charge on any atom is -0.211 e. The minimum atomic E-state index is -0.0759. The molecule has 0 saturated carbocycles. The molecular weight excluding hydrogens is 162 g/mol. The van der Waals surface area contributed by atoms with E-state index in [0.717, 1.165) is 0 Å². The fourth-order valence-corrected chi connectivity index (χ4v) is 2.98. The van der Waals surface area contributed by atoms with Crippen molar-refractivity contribution in [1.29, 1.82) is 0 Å². The second-order valence-corrected chi connectivity index (χ2v) is 4.86. The Morgan fingerprint density at radius 3 is 1.92 bits per heavy atom. The average Bonchev–Trinajstić information content (AvgIpc) is 2.21. The summed E-state index contributed by atoms with van der Waals surface area (Å²) in [5, 5.41) is 0. The third-order valence-corrected chi connectivity index (χ3v) is 3.99. The van der Waals surface area contributed by atoms with Crippen molar-refractivity contribution in [2.75, 3.05) is 0 Å². The van der Waals surface area contributed by atoms with Crippen LogP contribution in [-0.4, -0.2) is 6.06 Å². The van der Waals surface area contributed by atoms with Crippen molar-refractivity contribution in [2.45, 2.75) is 0 Å². The third-order valence-electron chi connectivity index (χ3n) is 1.92. The summed E-state index contributed by atoms with van der Waals surface area (Å²) in [7, 11) is -0.0759. The van der Waals surface area contributed by atoms with Crippen LogP contribution >= 0.6 is 7.41 Å². The predicted octanol–water partition coefficient (Wildman–Crippen LogP) is 3.29. The van der Waals surface area contributed by atoms with Crippen molar-refractivity contribution in [2.24, 2.45) is 0 Å². The lowest BCUT2D eigenvalue weighted by Gasteiger charge is -1.97. The summed E-state index contributed by atoms with van der Waals surface area (Å²) < 4.78 is 0. The Balaban J connectivity index is 2.46. The number of hydrogen-bond donors (Lipinski definition) is 0. The molecule has 0 radical (unpaired) electrons. The summed E-state index contributed by atoms with van der Waals surface area (Å²) >= 11 is 0. The zero-order valence-electron chi connectivity index (χ0n) is 6.80. The highest BCUT2D eigenvalue weighted by Gasteiger charge is 1.93. The predicted molar refractivity (Wildman–Crippen MR) is 56.7 cm³/mol. The van der Waals surface area contributed by atoms with Gasteiger partial charge < -0.3 is 0 Å². The second kappa shape index (κ2) is 3.64. The van der Waals surface area contributed by atoms with Crippen LogP contribution in [0.15, 0.2) is 59.9 Å². The SMILES string of the molecule is c1cc[b-](-[p+]2ccccc2)cc1. The molecule has 0 fully saturated rings. The van der Waals surface area contributed by atoms with E-state index in [9.17, 15) is 0 Å². The van der Waals surface area contributed by atoms with Crippen LogP contribution in [0, 0.1) is 0 Å². The zero-order valence-corrected chi connectivity index (χ0v) is 7.69. The van der Waals surface area contributed by atoms with E-state index in [1.165, 1.54) is 0 Å². The Hall–Kier alpha value is -0.935. The summed E-state index contributed by atoms with van der Waals surface area (Å²) in [6.07, 6.45) is 0. The van der Waals surface area contributed by atoms with E-state index < -0.39 is 0 Å². The minimum absolute atomic E-state index is 0.0759. The first kappa shape index (κ1) is 7.70. The van der Waals surface area contributed by atoms with Gasteiger partial charge >= 0.3 is 0 Å². The molecule has 2 heteroatoms. The van der Waals surface area contributed by atoms with Gasteiger partial charge in [0, 0.05) is 0 Å². The molecule has 0 atom stereocenters. The van der Waals surface area contributed by atoms with Gasteiger partial charge in [0.1, 0.15) is 6.06 Å². The van der Waals surface area contributed by atoms with Crippen LogP contribution in [0.4, 0.5) is 0 Å². The third kappa shape index (κ3) is 1.62. The van der Waals surface area contributed by atoms with E-state index in [4.69, 9.17) is 0 Å². The number of hydrogen-bond acceptors (Lipinski definition) is 0. The molecule has 0 N–H and O–H groups in total. The van der Waals surface area contributed by atoms with Gasteiger partial charge in [-0.05, 0) is 12.1 Å². The molecule has 0 saturated heterocycles. The van der Waals surface area contributed by atoms with Crippen LogP contribution in [0.1, 0.15) is 0 Å². The monoisotopic (exact) mass is 172 g/mol. The fourth-order valence-electron chi connectivity index (χ4n) is 1.29. The molecule has 0 bridgehead atoms. The molecule has 0 aliphatic rings. The van der Waals surface area contributed by atoms with Crippen molar-refractivity contribution in [1.82, 2.24) is 0 Å². The average molecular weight is 172 g/mol. The lowest BCUT2D eigenvalue weighted by atomic mass is 9.94. The van der Waals surface area contributed by atoms with Crippen molar-refractivity contribution < 1.29 is 0 Å². The van der Waals surface area contributed by atoms with Crippen LogP contribution in [0.3, 0.4) is 0 Å². The van der Waals surface area contributed by atoms with Gasteiger partial charge in [-0.15, -0.1) is 12.1 Å². The molecule has 2 aromatic heterocycles. The summed E-state index contributed by atoms with van der Waals surface area (Å²) in [6, 6.07) is 13.3. The maximum atomic E-state index is 2.31. The summed E-state index contributed by atoms with van der Waals surface area (Å²) in [6.45, 7) is 0. The van der Waals surface area contributed by atoms with E-state index in [-0.39, 0.29) is 7.41 Å². The van der Waals surface area contributed by atoms with E-state index >= 15 is 0 Å². The van der Waals surface area contributed by atoms with Gasteiger partial charge in [0.15, 0.2) is 0 Å². The van der Waals surface area contributed by atoms with Crippen molar-refractivity contribution >= 4 is 13.5 Å². The second-order valence-electron chi connectivity index (χ2n) is 2.78. The topological polar surface area (TPSA) is 0 Å². The summed E-state index contributed by atoms with van der Waals surface area (Å²) in [4.78, 5) is 0. The van der Waals surface area contributed by atoms with Crippen LogP contribution in [-0.2, 0) is 0 Å². The maximum absolute atomic E-state index is 2.31. The molecule has 0 aliphatic heterocycles. The molecule has 2 aromatic rings. The lowest BCUT2D eigenvalue weighted by molar-refractivity contribution is 1.85. The summed E-state index contributed by atoms with van der Waals surface area (Å²) in [5.41, 5.74) is 0. The normalized spacial score (nSPS) is 9.67. The van der Waals surface area contributed by atoms with Gasteiger partial charge in [-0.3, -0.25) is 0 Å². The molecule has 2 rings (SSSR count). The molecule has 2 heterocycles. The lowest BCUT2D eigenvalue weighted by Crippen LogP contribution is -1.83. The highest BCUT2D eigenvalue weighted by atomic mass is 31.1. The standard InChI is InChI=1S/C10H10BP/c1-3-7-11(8-4-1)12-9-5-2-6-10-12/h1-10H. The molecule has 0 amide bonds.